The van der Waals surface area contributed by atoms with Gasteiger partial charge in [-0.15, -0.1) is 0 Å². The van der Waals surface area contributed by atoms with Crippen molar-refractivity contribution < 1.29 is 9.53 Å². The second-order valence-electron chi connectivity index (χ2n) is 7.08. The number of anilines is 1. The molecule has 2 heterocycles. The van der Waals surface area contributed by atoms with Crippen molar-refractivity contribution in [1.29, 1.82) is 0 Å². The predicted octanol–water partition coefficient (Wildman–Crippen LogP) is 3.35. The summed E-state index contributed by atoms with van der Waals surface area (Å²) in [6, 6.07) is 15.7. The molecule has 4 rings (SSSR count). The van der Waals surface area contributed by atoms with Gasteiger partial charge in [0.25, 0.3) is 0 Å². The minimum Gasteiger partial charge on any atom is -0.497 e. The number of carbonyl (C=O) groups is 1. The van der Waals surface area contributed by atoms with Crippen LogP contribution >= 0.6 is 0 Å². The topological polar surface area (TPSA) is 79.0 Å². The van der Waals surface area contributed by atoms with Gasteiger partial charge in [0.1, 0.15) is 5.75 Å². The van der Waals surface area contributed by atoms with Crippen LogP contribution in [0, 0.1) is 0 Å². The first-order valence-corrected chi connectivity index (χ1v) is 9.47. The second-order valence-corrected chi connectivity index (χ2v) is 7.08. The lowest BCUT2D eigenvalue weighted by Gasteiger charge is -2.37. The summed E-state index contributed by atoms with van der Waals surface area (Å²) in [5.74, 6) is 0.750. The summed E-state index contributed by atoms with van der Waals surface area (Å²) in [4.78, 5) is 13.4. The third-order valence-electron chi connectivity index (χ3n) is 5.49. The fraction of sp³-hybridized carbons (Fsp3) is 0.273. The van der Waals surface area contributed by atoms with Crippen LogP contribution < -0.4 is 15.4 Å². The van der Waals surface area contributed by atoms with Gasteiger partial charge in [0, 0.05) is 23.5 Å². The van der Waals surface area contributed by atoms with Crippen molar-refractivity contribution in [3.05, 3.63) is 66.5 Å². The van der Waals surface area contributed by atoms with Gasteiger partial charge in [-0.1, -0.05) is 30.3 Å². The van der Waals surface area contributed by atoms with Crippen LogP contribution in [0.1, 0.15) is 18.4 Å². The molecule has 1 amide bonds. The van der Waals surface area contributed by atoms with Crippen LogP contribution in [0.5, 0.6) is 5.75 Å². The molecule has 1 fully saturated rings. The molecule has 0 unspecified atom stereocenters. The van der Waals surface area contributed by atoms with E-state index in [-0.39, 0.29) is 5.91 Å². The van der Waals surface area contributed by atoms with Crippen molar-refractivity contribution >= 4 is 11.6 Å². The molecule has 0 spiro atoms. The maximum Gasteiger partial charge on any atom is 0.235 e. The summed E-state index contributed by atoms with van der Waals surface area (Å²) in [6.07, 6.45) is 5.18. The fourth-order valence-corrected chi connectivity index (χ4v) is 3.84. The van der Waals surface area contributed by atoms with Crippen LogP contribution in [-0.2, 0) is 10.2 Å². The Hall–Kier alpha value is -3.12. The number of nitrogens with one attached hydrogen (secondary N) is 3. The van der Waals surface area contributed by atoms with Crippen LogP contribution in [0.4, 0.5) is 5.69 Å². The lowest BCUT2D eigenvalue weighted by Crippen LogP contribution is -2.48. The number of benzene rings is 2. The maximum absolute atomic E-state index is 13.4. The number of rotatable bonds is 5. The summed E-state index contributed by atoms with van der Waals surface area (Å²) >= 11 is 0. The van der Waals surface area contributed by atoms with E-state index in [1.54, 1.807) is 13.3 Å². The van der Waals surface area contributed by atoms with Crippen LogP contribution in [0.15, 0.2) is 60.9 Å². The van der Waals surface area contributed by atoms with E-state index in [0.29, 0.717) is 0 Å². The van der Waals surface area contributed by atoms with E-state index < -0.39 is 5.41 Å². The van der Waals surface area contributed by atoms with Crippen LogP contribution in [0.3, 0.4) is 0 Å². The number of aromatic nitrogens is 2. The Labute approximate surface area is 164 Å². The van der Waals surface area contributed by atoms with Crippen LogP contribution in [-0.4, -0.2) is 36.3 Å². The molecule has 1 saturated heterocycles. The molecule has 0 saturated carbocycles. The summed E-state index contributed by atoms with van der Waals surface area (Å²) in [5, 5.41) is 13.3. The zero-order valence-electron chi connectivity index (χ0n) is 15.9. The normalized spacial score (nSPS) is 15.8. The Balaban J connectivity index is 1.63. The Kier molecular flexibility index (Phi) is 5.12. The van der Waals surface area contributed by atoms with E-state index in [0.717, 1.165) is 54.1 Å². The fourth-order valence-electron chi connectivity index (χ4n) is 3.84. The number of H-pyrrole nitrogens is 1. The number of methoxy groups -OCH3 is 1. The molecule has 3 aromatic rings. The molecule has 0 radical (unpaired) electrons. The van der Waals surface area contributed by atoms with Gasteiger partial charge in [-0.05, 0) is 49.2 Å². The number of aromatic amines is 1. The highest BCUT2D eigenvalue weighted by Gasteiger charge is 2.41. The van der Waals surface area contributed by atoms with Gasteiger partial charge < -0.3 is 15.4 Å². The first-order chi connectivity index (χ1) is 13.7. The third kappa shape index (κ3) is 3.51. The number of nitrogens with zero attached hydrogens (tertiary/aromatic N) is 1. The average molecular weight is 376 g/mol. The summed E-state index contributed by atoms with van der Waals surface area (Å²) < 4.78 is 5.27. The molecule has 1 aliphatic rings. The summed E-state index contributed by atoms with van der Waals surface area (Å²) in [6.45, 7) is 1.63. The standard InChI is InChI=1S/C22H24N4O2/c1-28-20-4-2-3-19(13-20)26-21(27)22(9-11-23-12-10-22)18-7-5-16(6-8-18)17-14-24-25-15-17/h2-8,13-15,23H,9-12H2,1H3,(H,24,25)(H,26,27). The molecule has 3 N–H and O–H groups in total. The van der Waals surface area contributed by atoms with Gasteiger partial charge in [-0.2, -0.15) is 5.10 Å². The molecule has 1 aliphatic heterocycles. The molecule has 0 atom stereocenters. The van der Waals surface area contributed by atoms with E-state index in [4.69, 9.17) is 4.74 Å². The molecule has 6 heteroatoms. The Bertz CT molecular complexity index is 929. The van der Waals surface area contributed by atoms with E-state index in [9.17, 15) is 4.79 Å². The number of carbonyl (C=O) groups excluding carboxylic acids is 1. The molecular formula is C22H24N4O2. The van der Waals surface area contributed by atoms with Crippen LogP contribution in [0.25, 0.3) is 11.1 Å². The Morgan fingerprint density at radius 3 is 2.57 bits per heavy atom. The highest BCUT2D eigenvalue weighted by atomic mass is 16.5. The maximum atomic E-state index is 13.4. The second kappa shape index (κ2) is 7.86. The highest BCUT2D eigenvalue weighted by molar-refractivity contribution is 5.99. The quantitative estimate of drug-likeness (QED) is 0.638. The SMILES string of the molecule is COc1cccc(NC(=O)C2(c3ccc(-c4cn[nH]c4)cc3)CCNCC2)c1. The van der Waals surface area contributed by atoms with Crippen molar-refractivity contribution in [2.75, 3.05) is 25.5 Å². The zero-order chi connectivity index (χ0) is 19.4. The van der Waals surface area contributed by atoms with Crippen molar-refractivity contribution in [1.82, 2.24) is 15.5 Å². The molecule has 28 heavy (non-hydrogen) atoms. The summed E-state index contributed by atoms with van der Waals surface area (Å²) in [5.41, 5.74) is 3.35. The van der Waals surface area contributed by atoms with Crippen molar-refractivity contribution in [2.24, 2.45) is 0 Å². The third-order valence-corrected chi connectivity index (χ3v) is 5.49. The Morgan fingerprint density at radius 2 is 1.89 bits per heavy atom. The van der Waals surface area contributed by atoms with Gasteiger partial charge in [-0.3, -0.25) is 9.89 Å². The summed E-state index contributed by atoms with van der Waals surface area (Å²) in [7, 11) is 1.62. The van der Waals surface area contributed by atoms with E-state index in [1.807, 2.05) is 30.5 Å². The van der Waals surface area contributed by atoms with E-state index >= 15 is 0 Å². The first-order valence-electron chi connectivity index (χ1n) is 9.47. The number of piperidine rings is 1. The zero-order valence-corrected chi connectivity index (χ0v) is 15.9. The molecule has 1 aromatic heterocycles. The monoisotopic (exact) mass is 376 g/mol. The molecular weight excluding hydrogens is 352 g/mol. The number of hydrogen-bond acceptors (Lipinski definition) is 4. The minimum absolute atomic E-state index is 0.0262. The van der Waals surface area contributed by atoms with Gasteiger partial charge in [-0.25, -0.2) is 0 Å². The molecule has 0 bridgehead atoms. The first kappa shape index (κ1) is 18.3. The highest BCUT2D eigenvalue weighted by Crippen LogP contribution is 2.36. The van der Waals surface area contributed by atoms with Gasteiger partial charge in [0.2, 0.25) is 5.91 Å². The largest absolute Gasteiger partial charge is 0.497 e. The molecule has 0 aliphatic carbocycles. The molecule has 2 aromatic carbocycles. The van der Waals surface area contributed by atoms with Crippen molar-refractivity contribution in [3.63, 3.8) is 0 Å². The molecule has 144 valence electrons. The smallest absolute Gasteiger partial charge is 0.235 e. The van der Waals surface area contributed by atoms with E-state index in [2.05, 4.69) is 45.1 Å². The average Bonchev–Trinajstić information content (AvgIpc) is 3.29. The predicted molar refractivity (Wildman–Crippen MR) is 109 cm³/mol. The lowest BCUT2D eigenvalue weighted by molar-refractivity contribution is -0.122. The van der Waals surface area contributed by atoms with E-state index in [1.165, 1.54) is 0 Å². The minimum atomic E-state index is -0.552. The number of ether oxygens (including phenoxy) is 1. The number of hydrogen-bond donors (Lipinski definition) is 3. The lowest BCUT2D eigenvalue weighted by atomic mass is 9.72. The Morgan fingerprint density at radius 1 is 1.11 bits per heavy atom. The van der Waals surface area contributed by atoms with Crippen molar-refractivity contribution in [2.45, 2.75) is 18.3 Å². The van der Waals surface area contributed by atoms with Gasteiger partial charge in [0.15, 0.2) is 0 Å². The van der Waals surface area contributed by atoms with Crippen LogP contribution in [0.2, 0.25) is 0 Å². The van der Waals surface area contributed by atoms with Gasteiger partial charge in [0.05, 0.1) is 18.7 Å². The van der Waals surface area contributed by atoms with Gasteiger partial charge >= 0.3 is 0 Å². The molecule has 6 nitrogen and oxygen atoms in total. The number of amides is 1. The van der Waals surface area contributed by atoms with Crippen molar-refractivity contribution in [3.8, 4) is 16.9 Å².